The molecule has 0 bridgehead atoms. The van der Waals surface area contributed by atoms with Gasteiger partial charge in [0.2, 0.25) is 0 Å². The lowest BCUT2D eigenvalue weighted by Crippen LogP contribution is -2.35. The van der Waals surface area contributed by atoms with Crippen LogP contribution < -0.4 is 0 Å². The average Bonchev–Trinajstić information content (AvgIpc) is 2.64. The Morgan fingerprint density at radius 2 is 1.89 bits per heavy atom. The molecule has 1 aliphatic heterocycles. The molecule has 0 N–H and O–H groups in total. The maximum Gasteiger partial charge on any atom is 0.327 e. The first-order valence-corrected chi connectivity index (χ1v) is 6.35. The van der Waals surface area contributed by atoms with Crippen molar-refractivity contribution in [1.82, 2.24) is 9.80 Å². The fourth-order valence-corrected chi connectivity index (χ4v) is 2.42. The van der Waals surface area contributed by atoms with Crippen LogP contribution in [0.15, 0.2) is 42.5 Å². The second-order valence-corrected chi connectivity index (χ2v) is 4.70. The summed E-state index contributed by atoms with van der Waals surface area (Å²) in [7, 11) is 1.73. The summed E-state index contributed by atoms with van der Waals surface area (Å²) >= 11 is 0. The number of amides is 3. The molecule has 0 saturated carbocycles. The molecular weight excluding hydrogens is 240 g/mol. The third kappa shape index (κ3) is 2.26. The zero-order chi connectivity index (χ0) is 14.0. The average molecular weight is 258 g/mol. The molecule has 19 heavy (non-hydrogen) atoms. The van der Waals surface area contributed by atoms with Gasteiger partial charge < -0.3 is 4.90 Å². The molecular formula is C15H18N2O2. The highest BCUT2D eigenvalue weighted by Gasteiger charge is 2.44. The summed E-state index contributed by atoms with van der Waals surface area (Å²) in [6.45, 7) is 3.72. The van der Waals surface area contributed by atoms with E-state index in [1.807, 2.05) is 37.3 Å². The first-order chi connectivity index (χ1) is 9.07. The van der Waals surface area contributed by atoms with Gasteiger partial charge in [0, 0.05) is 7.05 Å². The van der Waals surface area contributed by atoms with Crippen molar-refractivity contribution in [3.8, 4) is 0 Å². The second-order valence-electron chi connectivity index (χ2n) is 4.70. The van der Waals surface area contributed by atoms with Gasteiger partial charge in [0.15, 0.2) is 0 Å². The van der Waals surface area contributed by atoms with Crippen LogP contribution in [0.3, 0.4) is 0 Å². The van der Waals surface area contributed by atoms with Crippen molar-refractivity contribution in [2.45, 2.75) is 25.9 Å². The molecule has 2 atom stereocenters. The Hall–Kier alpha value is -2.10. The van der Waals surface area contributed by atoms with E-state index in [1.54, 1.807) is 24.9 Å². The van der Waals surface area contributed by atoms with Crippen LogP contribution in [0.1, 0.15) is 25.5 Å². The molecule has 1 saturated heterocycles. The van der Waals surface area contributed by atoms with Crippen molar-refractivity contribution in [2.75, 3.05) is 7.05 Å². The second kappa shape index (κ2) is 5.26. The van der Waals surface area contributed by atoms with E-state index in [9.17, 15) is 9.59 Å². The van der Waals surface area contributed by atoms with Gasteiger partial charge in [-0.3, -0.25) is 9.69 Å². The monoisotopic (exact) mass is 258 g/mol. The lowest BCUT2D eigenvalue weighted by atomic mass is 10.0. The Morgan fingerprint density at radius 3 is 2.47 bits per heavy atom. The third-order valence-electron chi connectivity index (χ3n) is 3.54. The first kappa shape index (κ1) is 13.3. The zero-order valence-electron chi connectivity index (χ0n) is 11.4. The lowest BCUT2D eigenvalue weighted by molar-refractivity contribution is -0.124. The SMILES string of the molecule is C/C=C/C(=O)N1C(=O)N(C)[C@@H](C)[C@H]1c1ccccc1. The standard InChI is InChI=1S/C15H18N2O2/c1-4-8-13(18)17-14(11(2)16(3)15(17)19)12-9-6-5-7-10-12/h4-11,14H,1-3H3/b8-4+/t11-,14-/m0/s1. The maximum atomic E-state index is 12.2. The highest BCUT2D eigenvalue weighted by atomic mass is 16.2. The number of carbonyl (C=O) groups excluding carboxylic acids is 2. The fourth-order valence-electron chi connectivity index (χ4n) is 2.42. The van der Waals surface area contributed by atoms with Gasteiger partial charge in [-0.1, -0.05) is 36.4 Å². The van der Waals surface area contributed by atoms with Gasteiger partial charge in [0.1, 0.15) is 0 Å². The third-order valence-corrected chi connectivity index (χ3v) is 3.54. The minimum Gasteiger partial charge on any atom is -0.322 e. The first-order valence-electron chi connectivity index (χ1n) is 6.35. The molecule has 1 aromatic rings. The molecule has 0 radical (unpaired) electrons. The molecule has 100 valence electrons. The quantitative estimate of drug-likeness (QED) is 0.765. The van der Waals surface area contributed by atoms with Gasteiger partial charge in [-0.25, -0.2) is 4.79 Å². The van der Waals surface area contributed by atoms with E-state index in [-0.39, 0.29) is 24.0 Å². The Bertz CT molecular complexity index is 510. The Balaban J connectivity index is 2.43. The molecule has 0 spiro atoms. The predicted molar refractivity (Wildman–Crippen MR) is 73.5 cm³/mol. The van der Waals surface area contributed by atoms with Crippen LogP contribution in [-0.2, 0) is 4.79 Å². The molecule has 0 aromatic heterocycles. The van der Waals surface area contributed by atoms with Crippen molar-refractivity contribution in [2.24, 2.45) is 0 Å². The molecule has 1 aromatic carbocycles. The van der Waals surface area contributed by atoms with E-state index in [0.29, 0.717) is 0 Å². The van der Waals surface area contributed by atoms with Gasteiger partial charge in [-0.15, -0.1) is 0 Å². The van der Waals surface area contributed by atoms with Gasteiger partial charge in [-0.2, -0.15) is 0 Å². The van der Waals surface area contributed by atoms with Crippen molar-refractivity contribution >= 4 is 11.9 Å². The number of allylic oxidation sites excluding steroid dienone is 1. The smallest absolute Gasteiger partial charge is 0.322 e. The Morgan fingerprint density at radius 1 is 1.26 bits per heavy atom. The van der Waals surface area contributed by atoms with Gasteiger partial charge in [-0.05, 0) is 25.5 Å². The highest BCUT2D eigenvalue weighted by Crippen LogP contribution is 2.34. The summed E-state index contributed by atoms with van der Waals surface area (Å²) in [6.07, 6.45) is 3.08. The number of urea groups is 1. The summed E-state index contributed by atoms with van der Waals surface area (Å²) in [5, 5.41) is 0. The molecule has 2 rings (SSSR count). The molecule has 3 amide bonds. The van der Waals surface area contributed by atoms with E-state index >= 15 is 0 Å². The summed E-state index contributed by atoms with van der Waals surface area (Å²) in [6, 6.07) is 9.14. The topological polar surface area (TPSA) is 40.6 Å². The summed E-state index contributed by atoms with van der Waals surface area (Å²) < 4.78 is 0. The summed E-state index contributed by atoms with van der Waals surface area (Å²) in [5.74, 6) is -0.266. The van der Waals surface area contributed by atoms with Crippen LogP contribution >= 0.6 is 0 Å². The minimum atomic E-state index is -0.266. The van der Waals surface area contributed by atoms with Gasteiger partial charge in [0.25, 0.3) is 5.91 Å². The van der Waals surface area contributed by atoms with Crippen molar-refractivity contribution in [1.29, 1.82) is 0 Å². The normalized spacial score (nSPS) is 23.4. The largest absolute Gasteiger partial charge is 0.327 e. The Labute approximate surface area is 113 Å². The zero-order valence-corrected chi connectivity index (χ0v) is 11.4. The van der Waals surface area contributed by atoms with Crippen LogP contribution in [-0.4, -0.2) is 34.8 Å². The molecule has 0 aliphatic carbocycles. The van der Waals surface area contributed by atoms with Crippen molar-refractivity contribution in [3.63, 3.8) is 0 Å². The summed E-state index contributed by atoms with van der Waals surface area (Å²) in [4.78, 5) is 27.3. The molecule has 1 aliphatic rings. The van der Waals surface area contributed by atoms with Crippen LogP contribution in [0.25, 0.3) is 0 Å². The number of imide groups is 1. The van der Waals surface area contributed by atoms with E-state index in [4.69, 9.17) is 0 Å². The van der Waals surface area contributed by atoms with E-state index in [0.717, 1.165) is 5.56 Å². The molecule has 4 heteroatoms. The van der Waals surface area contributed by atoms with E-state index in [1.165, 1.54) is 11.0 Å². The summed E-state index contributed by atoms with van der Waals surface area (Å²) in [5.41, 5.74) is 0.977. The maximum absolute atomic E-state index is 12.2. The number of benzene rings is 1. The molecule has 1 heterocycles. The number of nitrogens with zero attached hydrogens (tertiary/aromatic N) is 2. The Kier molecular flexibility index (Phi) is 3.69. The van der Waals surface area contributed by atoms with Crippen LogP contribution in [0.5, 0.6) is 0 Å². The van der Waals surface area contributed by atoms with E-state index in [2.05, 4.69) is 0 Å². The molecule has 0 unspecified atom stereocenters. The highest BCUT2D eigenvalue weighted by molar-refractivity contribution is 6.02. The van der Waals surface area contributed by atoms with Crippen LogP contribution in [0.2, 0.25) is 0 Å². The number of likely N-dealkylation sites (N-methyl/N-ethyl adjacent to an activating group) is 1. The minimum absolute atomic E-state index is 0.0379. The van der Waals surface area contributed by atoms with Crippen molar-refractivity contribution < 1.29 is 9.59 Å². The predicted octanol–water partition coefficient (Wildman–Crippen LogP) is 2.59. The van der Waals surface area contributed by atoms with Crippen LogP contribution in [0, 0.1) is 0 Å². The number of carbonyl (C=O) groups is 2. The molecule has 4 nitrogen and oxygen atoms in total. The number of rotatable bonds is 2. The number of hydrogen-bond acceptors (Lipinski definition) is 2. The van der Waals surface area contributed by atoms with Gasteiger partial charge >= 0.3 is 6.03 Å². The number of hydrogen-bond donors (Lipinski definition) is 0. The lowest BCUT2D eigenvalue weighted by Gasteiger charge is -2.23. The molecule has 1 fully saturated rings. The van der Waals surface area contributed by atoms with Crippen molar-refractivity contribution in [3.05, 3.63) is 48.0 Å². The van der Waals surface area contributed by atoms with Gasteiger partial charge in [0.05, 0.1) is 12.1 Å². The fraction of sp³-hybridized carbons (Fsp3) is 0.333. The van der Waals surface area contributed by atoms with Crippen LogP contribution in [0.4, 0.5) is 4.79 Å². The van der Waals surface area contributed by atoms with E-state index < -0.39 is 0 Å².